The number of carbonyl (C=O) groups excluding carboxylic acids is 3. The van der Waals surface area contributed by atoms with Crippen molar-refractivity contribution in [2.75, 3.05) is 0 Å². The number of amides is 2. The maximum Gasteiger partial charge on any atom is 0.240 e. The maximum atomic E-state index is 11.3. The summed E-state index contributed by atoms with van der Waals surface area (Å²) >= 11 is 0. The van der Waals surface area contributed by atoms with Crippen molar-refractivity contribution >= 4 is 18.1 Å². The number of nitrogens with one attached hydrogen (secondary N) is 1. The highest BCUT2D eigenvalue weighted by Gasteiger charge is 2.22. The largest absolute Gasteiger partial charge is 0.391 e. The van der Waals surface area contributed by atoms with Gasteiger partial charge in [-0.25, -0.2) is 0 Å². The first-order valence-electron chi connectivity index (χ1n) is 4.78. The Labute approximate surface area is 93.2 Å². The lowest BCUT2D eigenvalue weighted by Crippen LogP contribution is -2.50. The fourth-order valence-electron chi connectivity index (χ4n) is 0.934. The number of aliphatic hydroxyl groups is 1. The third-order valence-electron chi connectivity index (χ3n) is 1.96. The van der Waals surface area contributed by atoms with Gasteiger partial charge < -0.3 is 21.9 Å². The minimum atomic E-state index is -1.12. The van der Waals surface area contributed by atoms with Gasteiger partial charge in [-0.2, -0.15) is 0 Å². The van der Waals surface area contributed by atoms with Crippen LogP contribution in [0, 0.1) is 0 Å². The van der Waals surface area contributed by atoms with Gasteiger partial charge in [0.05, 0.1) is 12.1 Å². The summed E-state index contributed by atoms with van der Waals surface area (Å²) in [6.07, 6.45) is 0.560. The Kier molecular flexibility index (Phi) is 6.28. The molecule has 0 aromatic carbocycles. The molecule has 6 N–H and O–H groups in total. The van der Waals surface area contributed by atoms with E-state index in [0.717, 1.165) is 0 Å². The van der Waals surface area contributed by atoms with E-state index in [9.17, 15) is 14.4 Å². The van der Waals surface area contributed by atoms with Gasteiger partial charge in [0.1, 0.15) is 6.04 Å². The number of hydrogen-bond acceptors (Lipinski definition) is 5. The molecular formula is C9H16N3O4. The van der Waals surface area contributed by atoms with Gasteiger partial charge >= 0.3 is 0 Å². The van der Waals surface area contributed by atoms with Crippen LogP contribution in [0.5, 0.6) is 0 Å². The summed E-state index contributed by atoms with van der Waals surface area (Å²) < 4.78 is 0. The van der Waals surface area contributed by atoms with Crippen molar-refractivity contribution in [1.82, 2.24) is 5.32 Å². The maximum absolute atomic E-state index is 11.3. The molecule has 0 unspecified atom stereocenters. The van der Waals surface area contributed by atoms with E-state index in [4.69, 9.17) is 16.6 Å². The van der Waals surface area contributed by atoms with E-state index in [1.807, 2.05) is 0 Å². The number of rotatable bonds is 7. The van der Waals surface area contributed by atoms with Crippen molar-refractivity contribution in [1.29, 1.82) is 0 Å². The summed E-state index contributed by atoms with van der Waals surface area (Å²) in [6, 6.07) is -2.06. The second-order valence-corrected chi connectivity index (χ2v) is 3.45. The van der Waals surface area contributed by atoms with Gasteiger partial charge in [0.25, 0.3) is 0 Å². The zero-order chi connectivity index (χ0) is 12.7. The van der Waals surface area contributed by atoms with E-state index < -0.39 is 30.0 Å². The Morgan fingerprint density at radius 3 is 2.44 bits per heavy atom. The third-order valence-corrected chi connectivity index (χ3v) is 1.96. The van der Waals surface area contributed by atoms with Crippen molar-refractivity contribution in [3.63, 3.8) is 0 Å². The van der Waals surface area contributed by atoms with Gasteiger partial charge in [0.15, 0.2) is 0 Å². The highest BCUT2D eigenvalue weighted by atomic mass is 16.3. The van der Waals surface area contributed by atoms with E-state index in [-0.39, 0.29) is 12.8 Å². The molecule has 0 bridgehead atoms. The van der Waals surface area contributed by atoms with Crippen LogP contribution in [-0.4, -0.2) is 41.4 Å². The number of aliphatic hydroxyl groups excluding tert-OH is 1. The normalized spacial score (nSPS) is 15.9. The van der Waals surface area contributed by atoms with Crippen LogP contribution in [0.2, 0.25) is 0 Å². The number of primary amides is 1. The summed E-state index contributed by atoms with van der Waals surface area (Å²) in [6.45, 7) is 1.35. The molecule has 0 fully saturated rings. The quantitative estimate of drug-likeness (QED) is 0.385. The molecule has 91 valence electrons. The van der Waals surface area contributed by atoms with Gasteiger partial charge in [0, 0.05) is 6.42 Å². The highest BCUT2D eigenvalue weighted by molar-refractivity contribution is 5.85. The molecule has 0 aliphatic rings. The molecule has 0 aliphatic heterocycles. The average molecular weight is 230 g/mol. The van der Waals surface area contributed by atoms with Crippen LogP contribution in [-0.2, 0) is 14.4 Å². The molecular weight excluding hydrogens is 214 g/mol. The Hall–Kier alpha value is -1.47. The molecule has 0 spiro atoms. The molecule has 0 aliphatic carbocycles. The second-order valence-electron chi connectivity index (χ2n) is 3.45. The Bertz CT molecular complexity index is 267. The Balaban J connectivity index is 4.16. The summed E-state index contributed by atoms with van der Waals surface area (Å²) in [5.41, 5.74) is 10.2. The van der Waals surface area contributed by atoms with Crippen LogP contribution in [0.3, 0.4) is 0 Å². The first-order chi connectivity index (χ1) is 7.38. The first-order valence-corrected chi connectivity index (χ1v) is 4.78. The van der Waals surface area contributed by atoms with Crippen LogP contribution in [0.4, 0.5) is 0 Å². The zero-order valence-corrected chi connectivity index (χ0v) is 8.97. The zero-order valence-electron chi connectivity index (χ0n) is 8.97. The number of carbonyl (C=O) groups is 2. The Morgan fingerprint density at radius 1 is 1.50 bits per heavy atom. The SMILES string of the molecule is C[C@H](O)[C@@H](N)C(=O)N[C@H]([C]=O)CCC(N)=O. The molecule has 0 aromatic rings. The van der Waals surface area contributed by atoms with Gasteiger partial charge in [-0.15, -0.1) is 0 Å². The third kappa shape index (κ3) is 5.42. The number of hydrogen-bond donors (Lipinski definition) is 4. The van der Waals surface area contributed by atoms with E-state index in [0.29, 0.717) is 0 Å². The van der Waals surface area contributed by atoms with Crippen molar-refractivity contribution in [3.05, 3.63) is 0 Å². The van der Waals surface area contributed by atoms with E-state index >= 15 is 0 Å². The molecule has 0 aromatic heterocycles. The van der Waals surface area contributed by atoms with Crippen molar-refractivity contribution in [2.24, 2.45) is 11.5 Å². The number of nitrogens with two attached hydrogens (primary N) is 2. The van der Waals surface area contributed by atoms with Crippen LogP contribution in [0.1, 0.15) is 19.8 Å². The van der Waals surface area contributed by atoms with Crippen LogP contribution < -0.4 is 16.8 Å². The predicted molar refractivity (Wildman–Crippen MR) is 55.7 cm³/mol. The van der Waals surface area contributed by atoms with E-state index in [1.165, 1.54) is 6.92 Å². The molecule has 0 saturated carbocycles. The Morgan fingerprint density at radius 2 is 2.06 bits per heavy atom. The monoisotopic (exact) mass is 230 g/mol. The molecule has 7 heteroatoms. The van der Waals surface area contributed by atoms with Crippen LogP contribution in [0.15, 0.2) is 0 Å². The fourth-order valence-corrected chi connectivity index (χ4v) is 0.934. The predicted octanol–water partition coefficient (Wildman–Crippen LogP) is -2.45. The van der Waals surface area contributed by atoms with Crippen molar-refractivity contribution < 1.29 is 19.5 Å². The molecule has 0 rings (SSSR count). The summed E-state index contributed by atoms with van der Waals surface area (Å²) in [5.74, 6) is -1.25. The minimum Gasteiger partial charge on any atom is -0.391 e. The molecule has 0 heterocycles. The highest BCUT2D eigenvalue weighted by Crippen LogP contribution is 1.96. The smallest absolute Gasteiger partial charge is 0.240 e. The minimum absolute atomic E-state index is 0.0376. The standard InChI is InChI=1S/C9H16N3O4/c1-5(14)8(11)9(16)12-6(4-13)2-3-7(10)15/h5-6,8,14H,2-3,11H2,1H3,(H2,10,15)(H,12,16)/t5-,6-,8+/m0/s1. The fraction of sp³-hybridized carbons (Fsp3) is 0.667. The molecule has 16 heavy (non-hydrogen) atoms. The van der Waals surface area contributed by atoms with Crippen LogP contribution in [0.25, 0.3) is 0 Å². The molecule has 7 nitrogen and oxygen atoms in total. The van der Waals surface area contributed by atoms with Crippen molar-refractivity contribution in [3.8, 4) is 0 Å². The second kappa shape index (κ2) is 6.91. The molecule has 3 atom stereocenters. The van der Waals surface area contributed by atoms with Gasteiger partial charge in [-0.3, -0.25) is 14.4 Å². The first kappa shape index (κ1) is 14.5. The molecule has 1 radical (unpaired) electrons. The topological polar surface area (TPSA) is 136 Å². The van der Waals surface area contributed by atoms with Gasteiger partial charge in [-0.1, -0.05) is 0 Å². The summed E-state index contributed by atoms with van der Waals surface area (Å²) in [7, 11) is 0. The van der Waals surface area contributed by atoms with Gasteiger partial charge in [0.2, 0.25) is 18.1 Å². The lowest BCUT2D eigenvalue weighted by Gasteiger charge is -2.17. The lowest BCUT2D eigenvalue weighted by atomic mass is 10.1. The summed E-state index contributed by atoms with van der Waals surface area (Å²) in [5, 5.41) is 11.3. The molecule has 2 amide bonds. The van der Waals surface area contributed by atoms with E-state index in [1.54, 1.807) is 6.29 Å². The molecule has 0 saturated heterocycles. The van der Waals surface area contributed by atoms with E-state index in [2.05, 4.69) is 5.32 Å². The van der Waals surface area contributed by atoms with Crippen molar-refractivity contribution in [2.45, 2.75) is 38.0 Å². The lowest BCUT2D eigenvalue weighted by molar-refractivity contribution is -0.125. The van der Waals surface area contributed by atoms with Gasteiger partial charge in [-0.05, 0) is 13.3 Å². The van der Waals surface area contributed by atoms with Crippen LogP contribution >= 0.6 is 0 Å². The summed E-state index contributed by atoms with van der Waals surface area (Å²) in [4.78, 5) is 32.2. The average Bonchev–Trinajstić information content (AvgIpc) is 2.22.